The minimum atomic E-state index is 0.364. The van der Waals surface area contributed by atoms with E-state index in [4.69, 9.17) is 10.5 Å². The summed E-state index contributed by atoms with van der Waals surface area (Å²) < 4.78 is 6.14. The molecule has 1 aliphatic heterocycles. The summed E-state index contributed by atoms with van der Waals surface area (Å²) in [6, 6.07) is 1.18. The molecule has 3 unspecified atom stereocenters. The van der Waals surface area contributed by atoms with E-state index in [2.05, 4.69) is 25.7 Å². The molecule has 0 aromatic rings. The molecule has 0 aromatic carbocycles. The average molecular weight is 282 g/mol. The predicted octanol–water partition coefficient (Wildman–Crippen LogP) is 3.17. The van der Waals surface area contributed by atoms with Crippen LogP contribution in [0.25, 0.3) is 0 Å². The van der Waals surface area contributed by atoms with Gasteiger partial charge < -0.3 is 10.5 Å². The Morgan fingerprint density at radius 3 is 2.35 bits per heavy atom. The second-order valence-electron chi connectivity index (χ2n) is 7.22. The van der Waals surface area contributed by atoms with Gasteiger partial charge in [-0.15, -0.1) is 0 Å². The van der Waals surface area contributed by atoms with Gasteiger partial charge in [0, 0.05) is 18.6 Å². The molecule has 0 aromatic heterocycles. The molecule has 0 spiro atoms. The normalized spacial score (nSPS) is 29.7. The Bertz CT molecular complexity index is 276. The molecule has 118 valence electrons. The van der Waals surface area contributed by atoms with Crippen molar-refractivity contribution in [3.63, 3.8) is 0 Å². The maximum absolute atomic E-state index is 6.15. The van der Waals surface area contributed by atoms with E-state index in [0.29, 0.717) is 18.2 Å². The Labute approximate surface area is 125 Å². The molecule has 1 saturated carbocycles. The first-order valence-electron chi connectivity index (χ1n) is 8.73. The Morgan fingerprint density at radius 2 is 1.85 bits per heavy atom. The zero-order valence-corrected chi connectivity index (χ0v) is 13.7. The van der Waals surface area contributed by atoms with E-state index in [1.807, 2.05) is 0 Å². The maximum atomic E-state index is 6.15. The van der Waals surface area contributed by atoms with Crippen LogP contribution in [0.4, 0.5) is 0 Å². The average Bonchev–Trinajstić information content (AvgIpc) is 3.05. The summed E-state index contributed by atoms with van der Waals surface area (Å²) in [5.74, 6) is 0.765. The SMILES string of the molecule is CC(C)CCN(C1CCCC1)C(CN)C1CCC(C)O1. The highest BCUT2D eigenvalue weighted by molar-refractivity contribution is 4.90. The van der Waals surface area contributed by atoms with Gasteiger partial charge in [-0.05, 0) is 51.5 Å². The minimum absolute atomic E-state index is 0.364. The number of nitrogens with two attached hydrogens (primary N) is 1. The molecule has 3 atom stereocenters. The van der Waals surface area contributed by atoms with Gasteiger partial charge >= 0.3 is 0 Å². The van der Waals surface area contributed by atoms with Gasteiger partial charge in [0.15, 0.2) is 0 Å². The van der Waals surface area contributed by atoms with Gasteiger partial charge in [-0.1, -0.05) is 26.7 Å². The van der Waals surface area contributed by atoms with E-state index in [1.54, 1.807) is 0 Å². The highest BCUT2D eigenvalue weighted by Gasteiger charge is 2.36. The van der Waals surface area contributed by atoms with E-state index >= 15 is 0 Å². The van der Waals surface area contributed by atoms with Gasteiger partial charge in [0.1, 0.15) is 0 Å². The van der Waals surface area contributed by atoms with Crippen LogP contribution >= 0.6 is 0 Å². The van der Waals surface area contributed by atoms with E-state index in [1.165, 1.54) is 51.5 Å². The number of nitrogens with zero attached hydrogens (tertiary/aromatic N) is 1. The van der Waals surface area contributed by atoms with Crippen molar-refractivity contribution >= 4 is 0 Å². The molecule has 1 aliphatic carbocycles. The number of hydrogen-bond acceptors (Lipinski definition) is 3. The lowest BCUT2D eigenvalue weighted by atomic mass is 10.0. The molecule has 2 fully saturated rings. The van der Waals surface area contributed by atoms with Crippen LogP contribution in [0.1, 0.15) is 65.7 Å². The first kappa shape index (κ1) is 16.3. The van der Waals surface area contributed by atoms with Gasteiger partial charge in [0.2, 0.25) is 0 Å². The molecule has 1 saturated heterocycles. The van der Waals surface area contributed by atoms with Crippen molar-refractivity contribution in [3.05, 3.63) is 0 Å². The van der Waals surface area contributed by atoms with Gasteiger partial charge in [0.05, 0.1) is 12.2 Å². The Kier molecular flexibility index (Phi) is 6.31. The highest BCUT2D eigenvalue weighted by Crippen LogP contribution is 2.30. The summed E-state index contributed by atoms with van der Waals surface area (Å²) >= 11 is 0. The fraction of sp³-hybridized carbons (Fsp3) is 1.00. The fourth-order valence-corrected chi connectivity index (χ4v) is 3.88. The van der Waals surface area contributed by atoms with Crippen molar-refractivity contribution in [2.24, 2.45) is 11.7 Å². The van der Waals surface area contributed by atoms with Crippen LogP contribution in [-0.4, -0.2) is 42.3 Å². The smallest absolute Gasteiger partial charge is 0.0747 e. The lowest BCUT2D eigenvalue weighted by Gasteiger charge is -2.39. The van der Waals surface area contributed by atoms with Crippen LogP contribution in [0.5, 0.6) is 0 Å². The molecular weight excluding hydrogens is 248 g/mol. The van der Waals surface area contributed by atoms with Gasteiger partial charge in [-0.2, -0.15) is 0 Å². The van der Waals surface area contributed by atoms with E-state index in [-0.39, 0.29) is 0 Å². The third-order valence-corrected chi connectivity index (χ3v) is 5.12. The quantitative estimate of drug-likeness (QED) is 0.779. The standard InChI is InChI=1S/C17H34N2O/c1-13(2)10-11-19(15-6-4-5-7-15)16(12-18)17-9-8-14(3)20-17/h13-17H,4-12,18H2,1-3H3. The Morgan fingerprint density at radius 1 is 1.15 bits per heavy atom. The van der Waals surface area contributed by atoms with Crippen molar-refractivity contribution in [3.8, 4) is 0 Å². The van der Waals surface area contributed by atoms with Crippen molar-refractivity contribution < 1.29 is 4.74 Å². The summed E-state index contributed by atoms with van der Waals surface area (Å²) in [5, 5.41) is 0. The van der Waals surface area contributed by atoms with Crippen LogP contribution in [0.3, 0.4) is 0 Å². The molecule has 20 heavy (non-hydrogen) atoms. The summed E-state index contributed by atoms with van der Waals surface area (Å²) in [4.78, 5) is 2.72. The number of ether oxygens (including phenoxy) is 1. The summed E-state index contributed by atoms with van der Waals surface area (Å²) in [6.45, 7) is 8.77. The fourth-order valence-electron chi connectivity index (χ4n) is 3.88. The highest BCUT2D eigenvalue weighted by atomic mass is 16.5. The first-order chi connectivity index (χ1) is 9.61. The van der Waals surface area contributed by atoms with E-state index in [0.717, 1.165) is 18.5 Å². The molecule has 0 amide bonds. The lowest BCUT2D eigenvalue weighted by Crippen LogP contribution is -2.52. The van der Waals surface area contributed by atoms with Gasteiger partial charge in [-0.3, -0.25) is 4.90 Å². The predicted molar refractivity (Wildman–Crippen MR) is 84.8 cm³/mol. The van der Waals surface area contributed by atoms with Crippen molar-refractivity contribution in [2.45, 2.75) is 90.0 Å². The molecule has 2 N–H and O–H groups in total. The van der Waals surface area contributed by atoms with Crippen LogP contribution in [0.15, 0.2) is 0 Å². The summed E-state index contributed by atoms with van der Waals surface area (Å²) in [6.07, 6.45) is 9.94. The van der Waals surface area contributed by atoms with Crippen molar-refractivity contribution in [1.29, 1.82) is 0 Å². The zero-order valence-electron chi connectivity index (χ0n) is 13.7. The van der Waals surface area contributed by atoms with E-state index in [9.17, 15) is 0 Å². The molecule has 2 rings (SSSR count). The second kappa shape index (κ2) is 7.77. The van der Waals surface area contributed by atoms with Gasteiger partial charge in [0.25, 0.3) is 0 Å². The third kappa shape index (κ3) is 4.19. The maximum Gasteiger partial charge on any atom is 0.0747 e. The lowest BCUT2D eigenvalue weighted by molar-refractivity contribution is -0.0185. The largest absolute Gasteiger partial charge is 0.374 e. The van der Waals surface area contributed by atoms with Crippen LogP contribution in [-0.2, 0) is 4.74 Å². The van der Waals surface area contributed by atoms with Crippen LogP contribution < -0.4 is 5.73 Å². The second-order valence-corrected chi connectivity index (χ2v) is 7.22. The van der Waals surface area contributed by atoms with Crippen molar-refractivity contribution in [1.82, 2.24) is 4.90 Å². The molecule has 3 heteroatoms. The zero-order chi connectivity index (χ0) is 14.5. The number of rotatable bonds is 7. The monoisotopic (exact) mass is 282 g/mol. The Hall–Kier alpha value is -0.120. The molecule has 0 bridgehead atoms. The Balaban J connectivity index is 2.01. The molecular formula is C17H34N2O. The molecule has 3 nitrogen and oxygen atoms in total. The minimum Gasteiger partial charge on any atom is -0.374 e. The molecule has 2 aliphatic rings. The topological polar surface area (TPSA) is 38.5 Å². The summed E-state index contributed by atoms with van der Waals surface area (Å²) in [7, 11) is 0. The summed E-state index contributed by atoms with van der Waals surface area (Å²) in [5.41, 5.74) is 6.15. The number of hydrogen-bond donors (Lipinski definition) is 1. The van der Waals surface area contributed by atoms with Crippen LogP contribution in [0, 0.1) is 5.92 Å². The first-order valence-corrected chi connectivity index (χ1v) is 8.73. The van der Waals surface area contributed by atoms with Crippen LogP contribution in [0.2, 0.25) is 0 Å². The van der Waals surface area contributed by atoms with Gasteiger partial charge in [-0.25, -0.2) is 0 Å². The van der Waals surface area contributed by atoms with E-state index < -0.39 is 0 Å². The third-order valence-electron chi connectivity index (χ3n) is 5.12. The van der Waals surface area contributed by atoms with Crippen molar-refractivity contribution in [2.75, 3.05) is 13.1 Å². The molecule has 0 radical (unpaired) electrons. The molecule has 1 heterocycles.